The van der Waals surface area contributed by atoms with Crippen molar-refractivity contribution in [1.29, 1.82) is 0 Å². The van der Waals surface area contributed by atoms with Crippen LogP contribution in [0.5, 0.6) is 0 Å². The first kappa shape index (κ1) is 15.0. The molecular formula is C17H23N3O2. The predicted molar refractivity (Wildman–Crippen MR) is 84.4 cm³/mol. The lowest BCUT2D eigenvalue weighted by Gasteiger charge is -2.45. The molecule has 5 heteroatoms. The van der Waals surface area contributed by atoms with Gasteiger partial charge in [0.15, 0.2) is 0 Å². The van der Waals surface area contributed by atoms with Gasteiger partial charge in [-0.3, -0.25) is 14.5 Å². The fourth-order valence-corrected chi connectivity index (χ4v) is 3.46. The minimum Gasteiger partial charge on any atom is -0.346 e. The Hall–Kier alpha value is -1.88. The van der Waals surface area contributed by atoms with E-state index in [1.165, 1.54) is 5.56 Å². The van der Waals surface area contributed by atoms with E-state index in [1.54, 1.807) is 4.90 Å². The minimum atomic E-state index is -0.464. The molecule has 2 amide bonds. The van der Waals surface area contributed by atoms with Gasteiger partial charge in [-0.2, -0.15) is 0 Å². The SMILES string of the molecule is CC(C)(CN1CCN2C(=O)C(=O)NCC2C1)c1ccccc1. The second-order valence-electron chi connectivity index (χ2n) is 6.85. The highest BCUT2D eigenvalue weighted by Gasteiger charge is 2.38. The van der Waals surface area contributed by atoms with E-state index in [0.717, 1.165) is 19.6 Å². The fraction of sp³-hybridized carbons (Fsp3) is 0.529. The van der Waals surface area contributed by atoms with E-state index in [-0.39, 0.29) is 17.4 Å². The minimum absolute atomic E-state index is 0.0609. The zero-order valence-corrected chi connectivity index (χ0v) is 13.2. The number of carbonyl (C=O) groups excluding carboxylic acids is 2. The van der Waals surface area contributed by atoms with Crippen LogP contribution in [0, 0.1) is 0 Å². The van der Waals surface area contributed by atoms with Crippen molar-refractivity contribution in [1.82, 2.24) is 15.1 Å². The summed E-state index contributed by atoms with van der Waals surface area (Å²) in [6.07, 6.45) is 0. The Bertz CT molecular complexity index is 571. The Morgan fingerprint density at radius 1 is 1.18 bits per heavy atom. The number of carbonyl (C=O) groups is 2. The van der Waals surface area contributed by atoms with Crippen LogP contribution in [0.25, 0.3) is 0 Å². The van der Waals surface area contributed by atoms with E-state index in [4.69, 9.17) is 0 Å². The maximum atomic E-state index is 11.9. The number of nitrogens with one attached hydrogen (secondary N) is 1. The van der Waals surface area contributed by atoms with E-state index in [2.05, 4.69) is 48.3 Å². The van der Waals surface area contributed by atoms with E-state index >= 15 is 0 Å². The van der Waals surface area contributed by atoms with Gasteiger partial charge in [-0.25, -0.2) is 0 Å². The molecule has 2 saturated heterocycles. The maximum absolute atomic E-state index is 11.9. The number of hydrogen-bond donors (Lipinski definition) is 1. The molecule has 2 heterocycles. The van der Waals surface area contributed by atoms with Crippen LogP contribution in [0.2, 0.25) is 0 Å². The van der Waals surface area contributed by atoms with E-state index < -0.39 is 5.91 Å². The predicted octanol–water partition coefficient (Wildman–Crippen LogP) is 0.607. The normalized spacial score (nSPS) is 23.2. The molecular weight excluding hydrogens is 278 g/mol. The molecule has 0 radical (unpaired) electrons. The average Bonchev–Trinajstić information content (AvgIpc) is 2.52. The standard InChI is InChI=1S/C17H23N3O2/c1-17(2,13-6-4-3-5-7-13)12-19-8-9-20-14(11-19)10-18-15(21)16(20)22/h3-7,14H,8-12H2,1-2H3,(H,18,21). The van der Waals surface area contributed by atoms with Crippen molar-refractivity contribution in [3.05, 3.63) is 35.9 Å². The molecule has 1 aromatic rings. The molecule has 118 valence electrons. The zero-order valence-electron chi connectivity index (χ0n) is 13.2. The highest BCUT2D eigenvalue weighted by Crippen LogP contribution is 2.25. The smallest absolute Gasteiger partial charge is 0.312 e. The van der Waals surface area contributed by atoms with Crippen LogP contribution >= 0.6 is 0 Å². The molecule has 1 N–H and O–H groups in total. The fourth-order valence-electron chi connectivity index (χ4n) is 3.46. The van der Waals surface area contributed by atoms with Crippen LogP contribution < -0.4 is 5.32 Å². The summed E-state index contributed by atoms with van der Waals surface area (Å²) >= 11 is 0. The third kappa shape index (κ3) is 2.86. The van der Waals surface area contributed by atoms with Crippen LogP contribution in [-0.2, 0) is 15.0 Å². The van der Waals surface area contributed by atoms with E-state index in [9.17, 15) is 9.59 Å². The van der Waals surface area contributed by atoms with Crippen molar-refractivity contribution in [3.8, 4) is 0 Å². The van der Waals surface area contributed by atoms with Gasteiger partial charge < -0.3 is 10.2 Å². The second-order valence-corrected chi connectivity index (χ2v) is 6.85. The lowest BCUT2D eigenvalue weighted by atomic mass is 9.84. The molecule has 2 aliphatic heterocycles. The first-order chi connectivity index (χ1) is 10.5. The van der Waals surface area contributed by atoms with E-state index in [1.807, 2.05) is 6.07 Å². The number of piperazine rings is 2. The molecule has 1 atom stereocenters. The van der Waals surface area contributed by atoms with Gasteiger partial charge in [0.25, 0.3) is 0 Å². The van der Waals surface area contributed by atoms with Crippen molar-refractivity contribution < 1.29 is 9.59 Å². The number of nitrogens with zero attached hydrogens (tertiary/aromatic N) is 2. The molecule has 0 aliphatic carbocycles. The molecule has 2 fully saturated rings. The molecule has 3 rings (SSSR count). The number of benzene rings is 1. The Kier molecular flexibility index (Phi) is 3.91. The van der Waals surface area contributed by atoms with Gasteiger partial charge in [0, 0.05) is 38.1 Å². The summed E-state index contributed by atoms with van der Waals surface area (Å²) in [5, 5.41) is 2.69. The molecule has 2 aliphatic rings. The first-order valence-electron chi connectivity index (χ1n) is 7.84. The Morgan fingerprint density at radius 3 is 2.64 bits per heavy atom. The number of amides is 2. The molecule has 1 aromatic carbocycles. The Labute approximate surface area is 131 Å². The highest BCUT2D eigenvalue weighted by molar-refractivity contribution is 6.35. The van der Waals surface area contributed by atoms with Crippen LogP contribution in [-0.4, -0.2) is 60.4 Å². The van der Waals surface area contributed by atoms with Crippen LogP contribution in [0.1, 0.15) is 19.4 Å². The van der Waals surface area contributed by atoms with Gasteiger partial charge in [-0.05, 0) is 5.56 Å². The quantitative estimate of drug-likeness (QED) is 0.832. The Morgan fingerprint density at radius 2 is 1.91 bits per heavy atom. The molecule has 1 unspecified atom stereocenters. The van der Waals surface area contributed by atoms with Crippen LogP contribution in [0.4, 0.5) is 0 Å². The average molecular weight is 301 g/mol. The lowest BCUT2D eigenvalue weighted by Crippen LogP contribution is -2.66. The van der Waals surface area contributed by atoms with Gasteiger partial charge in [-0.15, -0.1) is 0 Å². The largest absolute Gasteiger partial charge is 0.346 e. The number of hydrogen-bond acceptors (Lipinski definition) is 3. The highest BCUT2D eigenvalue weighted by atomic mass is 16.2. The summed E-state index contributed by atoms with van der Waals surface area (Å²) in [4.78, 5) is 27.4. The van der Waals surface area contributed by atoms with Crippen LogP contribution in [0.3, 0.4) is 0 Å². The van der Waals surface area contributed by atoms with E-state index in [0.29, 0.717) is 13.1 Å². The summed E-state index contributed by atoms with van der Waals surface area (Å²) in [6.45, 7) is 8.30. The molecule has 22 heavy (non-hydrogen) atoms. The summed E-state index contributed by atoms with van der Waals surface area (Å²) in [7, 11) is 0. The Balaban J connectivity index is 1.66. The van der Waals surface area contributed by atoms with Gasteiger partial charge in [0.1, 0.15) is 0 Å². The van der Waals surface area contributed by atoms with Crippen molar-refractivity contribution in [2.75, 3.05) is 32.7 Å². The zero-order chi connectivity index (χ0) is 15.7. The summed E-state index contributed by atoms with van der Waals surface area (Å²) in [5.41, 5.74) is 1.39. The van der Waals surface area contributed by atoms with Gasteiger partial charge in [0.2, 0.25) is 0 Å². The molecule has 0 saturated carbocycles. The lowest BCUT2D eigenvalue weighted by molar-refractivity contribution is -0.152. The number of rotatable bonds is 3. The maximum Gasteiger partial charge on any atom is 0.312 e. The molecule has 0 spiro atoms. The van der Waals surface area contributed by atoms with Crippen molar-refractivity contribution in [3.63, 3.8) is 0 Å². The van der Waals surface area contributed by atoms with Crippen molar-refractivity contribution >= 4 is 11.8 Å². The molecule has 5 nitrogen and oxygen atoms in total. The van der Waals surface area contributed by atoms with Crippen molar-refractivity contribution in [2.45, 2.75) is 25.3 Å². The monoisotopic (exact) mass is 301 g/mol. The van der Waals surface area contributed by atoms with Gasteiger partial charge in [-0.1, -0.05) is 44.2 Å². The number of fused-ring (bicyclic) bond motifs is 1. The third-order valence-corrected chi connectivity index (χ3v) is 4.69. The topological polar surface area (TPSA) is 52.7 Å². The second kappa shape index (κ2) is 5.72. The third-order valence-electron chi connectivity index (χ3n) is 4.69. The molecule has 0 bridgehead atoms. The van der Waals surface area contributed by atoms with Gasteiger partial charge in [0.05, 0.1) is 6.04 Å². The summed E-state index contributed by atoms with van der Waals surface area (Å²) < 4.78 is 0. The molecule has 0 aromatic heterocycles. The van der Waals surface area contributed by atoms with Gasteiger partial charge >= 0.3 is 11.8 Å². The van der Waals surface area contributed by atoms with Crippen LogP contribution in [0.15, 0.2) is 30.3 Å². The van der Waals surface area contributed by atoms with Crippen molar-refractivity contribution in [2.24, 2.45) is 0 Å². The first-order valence-corrected chi connectivity index (χ1v) is 7.84. The summed E-state index contributed by atoms with van der Waals surface area (Å²) in [6, 6.07) is 10.6. The summed E-state index contributed by atoms with van der Waals surface area (Å²) in [5.74, 6) is -0.840.